The van der Waals surface area contributed by atoms with E-state index in [4.69, 9.17) is 4.74 Å². The Hall–Kier alpha value is -2.70. The molecule has 1 unspecified atom stereocenters. The van der Waals surface area contributed by atoms with Crippen molar-refractivity contribution >= 4 is 11.7 Å². The summed E-state index contributed by atoms with van der Waals surface area (Å²) in [6.45, 7) is 7.60. The Morgan fingerprint density at radius 2 is 1.96 bits per heavy atom. The molecule has 7 heteroatoms. The van der Waals surface area contributed by atoms with Crippen molar-refractivity contribution in [3.05, 3.63) is 52.7 Å². The summed E-state index contributed by atoms with van der Waals surface area (Å²) in [4.78, 5) is 17.0. The molecule has 2 aromatic rings. The van der Waals surface area contributed by atoms with Gasteiger partial charge in [0.05, 0.1) is 6.04 Å². The number of amides is 1. The first-order valence-corrected chi connectivity index (χ1v) is 8.85. The van der Waals surface area contributed by atoms with E-state index in [-0.39, 0.29) is 11.9 Å². The standard InChI is InChI=1S/C20H25F2N3O2/c1-5-23-19-10-16(9-13(3)24-19)14(4)25-20(26)15-6-7-17(12(2)8-15)27-11-18(21)22/h6-10,14,18H,5,11H2,1-4H3,(H,23,24)(H,25,26). The second-order valence-corrected chi connectivity index (χ2v) is 6.33. The number of benzene rings is 1. The fourth-order valence-electron chi connectivity index (χ4n) is 2.69. The fraction of sp³-hybridized carbons (Fsp3) is 0.400. The minimum Gasteiger partial charge on any atom is -0.487 e. The number of carbonyl (C=O) groups excluding carboxylic acids is 1. The number of hydrogen-bond acceptors (Lipinski definition) is 4. The zero-order chi connectivity index (χ0) is 20.0. The van der Waals surface area contributed by atoms with Crippen LogP contribution in [-0.2, 0) is 0 Å². The molecule has 0 spiro atoms. The molecule has 0 radical (unpaired) electrons. The molecule has 0 aliphatic rings. The molecule has 0 aliphatic carbocycles. The summed E-state index contributed by atoms with van der Waals surface area (Å²) < 4.78 is 29.6. The summed E-state index contributed by atoms with van der Waals surface area (Å²) in [6, 6.07) is 8.36. The molecule has 1 amide bonds. The third-order valence-corrected chi connectivity index (χ3v) is 3.98. The Bertz CT molecular complexity index is 797. The Labute approximate surface area is 158 Å². The van der Waals surface area contributed by atoms with Crippen LogP contribution in [0.4, 0.5) is 14.6 Å². The van der Waals surface area contributed by atoms with Crippen LogP contribution in [0, 0.1) is 13.8 Å². The number of aryl methyl sites for hydroxylation is 2. The highest BCUT2D eigenvalue weighted by Gasteiger charge is 2.14. The smallest absolute Gasteiger partial charge is 0.272 e. The van der Waals surface area contributed by atoms with Gasteiger partial charge >= 0.3 is 0 Å². The van der Waals surface area contributed by atoms with E-state index in [9.17, 15) is 13.6 Å². The number of pyridine rings is 1. The number of aromatic nitrogens is 1. The molecule has 146 valence electrons. The predicted octanol–water partition coefficient (Wildman–Crippen LogP) is 4.27. The van der Waals surface area contributed by atoms with Crippen LogP contribution in [0.25, 0.3) is 0 Å². The zero-order valence-corrected chi connectivity index (χ0v) is 16.0. The van der Waals surface area contributed by atoms with Crippen LogP contribution < -0.4 is 15.4 Å². The van der Waals surface area contributed by atoms with Crippen molar-refractivity contribution in [3.8, 4) is 5.75 Å². The van der Waals surface area contributed by atoms with Crippen LogP contribution >= 0.6 is 0 Å². The molecule has 0 saturated heterocycles. The van der Waals surface area contributed by atoms with E-state index in [2.05, 4.69) is 15.6 Å². The maximum atomic E-state index is 12.6. The average molecular weight is 377 g/mol. The lowest BCUT2D eigenvalue weighted by atomic mass is 10.1. The quantitative estimate of drug-likeness (QED) is 0.721. The third kappa shape index (κ3) is 5.91. The number of alkyl halides is 2. The van der Waals surface area contributed by atoms with Gasteiger partial charge < -0.3 is 15.4 Å². The van der Waals surface area contributed by atoms with Crippen molar-refractivity contribution in [2.24, 2.45) is 0 Å². The number of rotatable bonds is 8. The maximum absolute atomic E-state index is 12.6. The number of ether oxygens (including phenoxy) is 1. The van der Waals surface area contributed by atoms with Gasteiger partial charge in [0.15, 0.2) is 0 Å². The van der Waals surface area contributed by atoms with Crippen LogP contribution in [0.15, 0.2) is 30.3 Å². The molecular weight excluding hydrogens is 352 g/mol. The van der Waals surface area contributed by atoms with Gasteiger partial charge in [-0.15, -0.1) is 0 Å². The molecule has 1 atom stereocenters. The topological polar surface area (TPSA) is 63.2 Å². The maximum Gasteiger partial charge on any atom is 0.272 e. The summed E-state index contributed by atoms with van der Waals surface area (Å²) in [5, 5.41) is 6.12. The lowest BCUT2D eigenvalue weighted by Gasteiger charge is -2.17. The van der Waals surface area contributed by atoms with Crippen molar-refractivity contribution in [1.29, 1.82) is 0 Å². The number of halogens is 2. The van der Waals surface area contributed by atoms with Crippen LogP contribution in [0.5, 0.6) is 5.75 Å². The molecule has 0 fully saturated rings. The second-order valence-electron chi connectivity index (χ2n) is 6.33. The van der Waals surface area contributed by atoms with Crippen molar-refractivity contribution in [2.45, 2.75) is 40.2 Å². The van der Waals surface area contributed by atoms with Gasteiger partial charge in [-0.05, 0) is 69.2 Å². The molecular formula is C20H25F2N3O2. The molecule has 1 aromatic carbocycles. The van der Waals surface area contributed by atoms with Crippen LogP contribution in [-0.4, -0.2) is 30.5 Å². The van der Waals surface area contributed by atoms with Crippen molar-refractivity contribution in [2.75, 3.05) is 18.5 Å². The van der Waals surface area contributed by atoms with Gasteiger partial charge in [0, 0.05) is 17.8 Å². The number of nitrogens with one attached hydrogen (secondary N) is 2. The minimum absolute atomic E-state index is 0.216. The van der Waals surface area contributed by atoms with Crippen LogP contribution in [0.3, 0.4) is 0 Å². The summed E-state index contributed by atoms with van der Waals surface area (Å²) >= 11 is 0. The lowest BCUT2D eigenvalue weighted by molar-refractivity contribution is 0.0814. The SMILES string of the molecule is CCNc1cc(C(C)NC(=O)c2ccc(OCC(F)F)c(C)c2)cc(C)n1. The van der Waals surface area contributed by atoms with E-state index in [0.717, 1.165) is 23.6 Å². The van der Waals surface area contributed by atoms with Crippen molar-refractivity contribution in [3.63, 3.8) is 0 Å². The Kier molecular flexibility index (Phi) is 7.10. The molecule has 27 heavy (non-hydrogen) atoms. The van der Waals surface area contributed by atoms with E-state index in [0.29, 0.717) is 16.9 Å². The summed E-state index contributed by atoms with van der Waals surface area (Å²) in [6.07, 6.45) is -2.54. The van der Waals surface area contributed by atoms with Gasteiger partial charge in [0.2, 0.25) is 0 Å². The fourth-order valence-corrected chi connectivity index (χ4v) is 2.69. The summed E-state index contributed by atoms with van der Waals surface area (Å²) in [5.74, 6) is 0.871. The van der Waals surface area contributed by atoms with E-state index in [1.807, 2.05) is 32.9 Å². The van der Waals surface area contributed by atoms with Gasteiger partial charge in [0.1, 0.15) is 18.2 Å². The number of anilines is 1. The normalized spacial score (nSPS) is 12.0. The monoisotopic (exact) mass is 377 g/mol. The average Bonchev–Trinajstić information content (AvgIpc) is 2.60. The zero-order valence-electron chi connectivity index (χ0n) is 16.0. The molecule has 2 rings (SSSR count). The third-order valence-electron chi connectivity index (χ3n) is 3.98. The first-order chi connectivity index (χ1) is 12.8. The number of hydrogen-bond donors (Lipinski definition) is 2. The van der Waals surface area contributed by atoms with E-state index < -0.39 is 13.0 Å². The van der Waals surface area contributed by atoms with Gasteiger partial charge in [-0.2, -0.15) is 0 Å². The predicted molar refractivity (Wildman–Crippen MR) is 102 cm³/mol. The van der Waals surface area contributed by atoms with Gasteiger partial charge in [-0.1, -0.05) is 0 Å². The Morgan fingerprint density at radius 3 is 2.59 bits per heavy atom. The minimum atomic E-state index is -2.54. The van der Waals surface area contributed by atoms with E-state index in [1.165, 1.54) is 6.07 Å². The van der Waals surface area contributed by atoms with Crippen LogP contribution in [0.1, 0.15) is 47.1 Å². The van der Waals surface area contributed by atoms with Crippen molar-refractivity contribution < 1.29 is 18.3 Å². The number of carbonyl (C=O) groups is 1. The van der Waals surface area contributed by atoms with Crippen LogP contribution in [0.2, 0.25) is 0 Å². The molecule has 1 heterocycles. The molecule has 2 N–H and O–H groups in total. The van der Waals surface area contributed by atoms with Gasteiger partial charge in [0.25, 0.3) is 12.3 Å². The Balaban J connectivity index is 2.09. The van der Waals surface area contributed by atoms with Gasteiger partial charge in [-0.3, -0.25) is 4.79 Å². The van der Waals surface area contributed by atoms with Gasteiger partial charge in [-0.25, -0.2) is 13.8 Å². The summed E-state index contributed by atoms with van der Waals surface area (Å²) in [7, 11) is 0. The molecule has 5 nitrogen and oxygen atoms in total. The highest BCUT2D eigenvalue weighted by molar-refractivity contribution is 5.94. The second kappa shape index (κ2) is 9.30. The lowest BCUT2D eigenvalue weighted by Crippen LogP contribution is -2.27. The first kappa shape index (κ1) is 20.6. The van der Waals surface area contributed by atoms with E-state index in [1.54, 1.807) is 19.1 Å². The first-order valence-electron chi connectivity index (χ1n) is 8.85. The number of nitrogens with zero attached hydrogens (tertiary/aromatic N) is 1. The molecule has 0 bridgehead atoms. The molecule has 0 aliphatic heterocycles. The highest BCUT2D eigenvalue weighted by atomic mass is 19.3. The summed E-state index contributed by atoms with van der Waals surface area (Å²) in [5.41, 5.74) is 2.88. The molecule has 0 saturated carbocycles. The van der Waals surface area contributed by atoms with Crippen molar-refractivity contribution in [1.82, 2.24) is 10.3 Å². The van der Waals surface area contributed by atoms with E-state index >= 15 is 0 Å². The largest absolute Gasteiger partial charge is 0.487 e. The highest BCUT2D eigenvalue weighted by Crippen LogP contribution is 2.21. The molecule has 1 aromatic heterocycles. The Morgan fingerprint density at radius 1 is 1.22 bits per heavy atom.